The third-order valence-corrected chi connectivity index (χ3v) is 3.17. The van der Waals surface area contributed by atoms with E-state index in [0.717, 1.165) is 0 Å². The minimum atomic E-state index is 0.220. The van der Waals surface area contributed by atoms with Crippen molar-refractivity contribution in [2.24, 2.45) is 7.05 Å². The molecule has 1 aromatic heterocycles. The van der Waals surface area contributed by atoms with Gasteiger partial charge in [0.2, 0.25) is 0 Å². The summed E-state index contributed by atoms with van der Waals surface area (Å²) in [5, 5.41) is 7.74. The first-order valence-corrected chi connectivity index (χ1v) is 5.77. The molecule has 17 heavy (non-hydrogen) atoms. The van der Waals surface area contributed by atoms with Crippen molar-refractivity contribution in [1.82, 2.24) is 9.78 Å². The number of fused-ring (bicyclic) bond motifs is 1. The van der Waals surface area contributed by atoms with Crippen LogP contribution in [-0.2, 0) is 7.05 Å². The summed E-state index contributed by atoms with van der Waals surface area (Å²) in [7, 11) is 1.94. The molecular formula is C14H15N3. The van der Waals surface area contributed by atoms with Crippen LogP contribution in [0.4, 0.5) is 5.69 Å². The summed E-state index contributed by atoms with van der Waals surface area (Å²) in [6.45, 7) is 2.13. The molecule has 86 valence electrons. The molecule has 2 aromatic rings. The zero-order chi connectivity index (χ0) is 11.8. The minimum absolute atomic E-state index is 0.220. The van der Waals surface area contributed by atoms with Gasteiger partial charge in [0.15, 0.2) is 0 Å². The molecule has 2 heterocycles. The third kappa shape index (κ3) is 1.73. The molecule has 0 fully saturated rings. The Kier molecular flexibility index (Phi) is 2.25. The van der Waals surface area contributed by atoms with Gasteiger partial charge in [-0.25, -0.2) is 0 Å². The number of hydrogen-bond acceptors (Lipinski definition) is 2. The number of benzene rings is 1. The predicted molar refractivity (Wildman–Crippen MR) is 69.8 cm³/mol. The van der Waals surface area contributed by atoms with Gasteiger partial charge in [-0.05, 0) is 18.6 Å². The van der Waals surface area contributed by atoms with Crippen LogP contribution in [0.25, 0.3) is 6.08 Å². The number of anilines is 1. The number of aromatic nitrogens is 2. The Morgan fingerprint density at radius 2 is 2.24 bits per heavy atom. The second kappa shape index (κ2) is 3.77. The lowest BCUT2D eigenvalue weighted by molar-refractivity contribution is 0.766. The van der Waals surface area contributed by atoms with Gasteiger partial charge in [0.05, 0.1) is 12.2 Å². The number of aryl methyl sites for hydroxylation is 2. The van der Waals surface area contributed by atoms with E-state index < -0.39 is 0 Å². The largest absolute Gasteiger partial charge is 0.374 e. The van der Waals surface area contributed by atoms with E-state index in [9.17, 15) is 0 Å². The maximum atomic E-state index is 4.21. The van der Waals surface area contributed by atoms with Crippen molar-refractivity contribution in [2.75, 3.05) is 5.32 Å². The Morgan fingerprint density at radius 1 is 1.35 bits per heavy atom. The van der Waals surface area contributed by atoms with E-state index in [1.54, 1.807) is 0 Å². The molecule has 1 aliphatic rings. The average Bonchev–Trinajstić information content (AvgIpc) is 2.76. The first-order chi connectivity index (χ1) is 8.24. The molecule has 1 aliphatic heterocycles. The number of rotatable bonds is 1. The number of hydrogen-bond donors (Lipinski definition) is 1. The van der Waals surface area contributed by atoms with Gasteiger partial charge >= 0.3 is 0 Å². The Balaban J connectivity index is 1.96. The molecule has 1 aromatic carbocycles. The van der Waals surface area contributed by atoms with Gasteiger partial charge in [-0.2, -0.15) is 5.10 Å². The van der Waals surface area contributed by atoms with E-state index in [2.05, 4.69) is 47.7 Å². The van der Waals surface area contributed by atoms with Crippen LogP contribution in [0.1, 0.15) is 22.7 Å². The molecule has 0 saturated heterocycles. The zero-order valence-corrected chi connectivity index (χ0v) is 10.0. The fourth-order valence-electron chi connectivity index (χ4n) is 2.23. The summed E-state index contributed by atoms with van der Waals surface area (Å²) in [5.74, 6) is 0. The highest BCUT2D eigenvalue weighted by Crippen LogP contribution is 2.31. The predicted octanol–water partition coefficient (Wildman–Crippen LogP) is 2.91. The van der Waals surface area contributed by atoms with Crippen LogP contribution in [-0.4, -0.2) is 9.78 Å². The maximum Gasteiger partial charge on any atom is 0.0732 e. The standard InChI is InChI=1S/C14H15N3/c1-10-4-3-5-14-12(10)6-7-13(16-14)11-8-15-17(2)9-11/h3-9,13,16H,1-2H3. The quantitative estimate of drug-likeness (QED) is 0.808. The van der Waals surface area contributed by atoms with E-state index in [4.69, 9.17) is 0 Å². The monoisotopic (exact) mass is 225 g/mol. The molecule has 3 rings (SSSR count). The highest BCUT2D eigenvalue weighted by atomic mass is 15.2. The zero-order valence-electron chi connectivity index (χ0n) is 10.0. The normalized spacial score (nSPS) is 17.6. The minimum Gasteiger partial charge on any atom is -0.374 e. The SMILES string of the molecule is Cc1cccc2c1C=CC(c1cnn(C)c1)N2. The van der Waals surface area contributed by atoms with E-state index in [1.165, 1.54) is 22.4 Å². The van der Waals surface area contributed by atoms with E-state index >= 15 is 0 Å². The van der Waals surface area contributed by atoms with Crippen LogP contribution in [0.2, 0.25) is 0 Å². The topological polar surface area (TPSA) is 29.9 Å². The summed E-state index contributed by atoms with van der Waals surface area (Å²) in [6, 6.07) is 6.56. The third-order valence-electron chi connectivity index (χ3n) is 3.17. The summed E-state index contributed by atoms with van der Waals surface area (Å²) in [6.07, 6.45) is 8.33. The molecule has 0 amide bonds. The lowest BCUT2D eigenvalue weighted by atomic mass is 9.99. The van der Waals surface area contributed by atoms with Crippen molar-refractivity contribution in [3.8, 4) is 0 Å². The molecule has 0 saturated carbocycles. The lowest BCUT2D eigenvalue weighted by Crippen LogP contribution is -2.12. The molecule has 0 spiro atoms. The van der Waals surface area contributed by atoms with E-state index in [0.29, 0.717) is 0 Å². The van der Waals surface area contributed by atoms with Gasteiger partial charge in [0.1, 0.15) is 0 Å². The molecule has 0 bridgehead atoms. The maximum absolute atomic E-state index is 4.21. The van der Waals surface area contributed by atoms with Gasteiger partial charge in [0.25, 0.3) is 0 Å². The molecule has 0 radical (unpaired) electrons. The van der Waals surface area contributed by atoms with Crippen LogP contribution in [0, 0.1) is 6.92 Å². The number of nitrogens with zero attached hydrogens (tertiary/aromatic N) is 2. The summed E-state index contributed by atoms with van der Waals surface area (Å²) < 4.78 is 1.83. The molecular weight excluding hydrogens is 210 g/mol. The summed E-state index contributed by atoms with van der Waals surface area (Å²) in [5.41, 5.74) is 4.97. The first-order valence-electron chi connectivity index (χ1n) is 5.77. The molecule has 1 atom stereocenters. The van der Waals surface area contributed by atoms with Crippen LogP contribution in [0.3, 0.4) is 0 Å². The van der Waals surface area contributed by atoms with Crippen LogP contribution in [0.15, 0.2) is 36.7 Å². The molecule has 3 heteroatoms. The van der Waals surface area contributed by atoms with Crippen molar-refractivity contribution in [3.05, 3.63) is 53.4 Å². The van der Waals surface area contributed by atoms with Gasteiger partial charge in [-0.3, -0.25) is 4.68 Å². The highest BCUT2D eigenvalue weighted by Gasteiger charge is 2.16. The average molecular weight is 225 g/mol. The number of nitrogens with one attached hydrogen (secondary N) is 1. The van der Waals surface area contributed by atoms with Crippen molar-refractivity contribution in [2.45, 2.75) is 13.0 Å². The highest BCUT2D eigenvalue weighted by molar-refractivity contribution is 5.73. The lowest BCUT2D eigenvalue weighted by Gasteiger charge is -2.22. The molecule has 1 N–H and O–H groups in total. The summed E-state index contributed by atoms with van der Waals surface area (Å²) in [4.78, 5) is 0. The molecule has 0 aliphatic carbocycles. The van der Waals surface area contributed by atoms with Crippen molar-refractivity contribution >= 4 is 11.8 Å². The van der Waals surface area contributed by atoms with Crippen LogP contribution >= 0.6 is 0 Å². The second-order valence-electron chi connectivity index (χ2n) is 4.46. The van der Waals surface area contributed by atoms with Crippen LogP contribution < -0.4 is 5.32 Å². The van der Waals surface area contributed by atoms with Gasteiger partial charge in [-0.1, -0.05) is 24.3 Å². The smallest absolute Gasteiger partial charge is 0.0732 e. The van der Waals surface area contributed by atoms with Gasteiger partial charge < -0.3 is 5.32 Å². The Hall–Kier alpha value is -2.03. The first kappa shape index (κ1) is 10.1. The Morgan fingerprint density at radius 3 is 3.00 bits per heavy atom. The van der Waals surface area contributed by atoms with Crippen LogP contribution in [0.5, 0.6) is 0 Å². The fourth-order valence-corrected chi connectivity index (χ4v) is 2.23. The Bertz CT molecular complexity index is 581. The molecule has 1 unspecified atom stereocenters. The van der Waals surface area contributed by atoms with Gasteiger partial charge in [-0.15, -0.1) is 0 Å². The van der Waals surface area contributed by atoms with E-state index in [1.807, 2.05) is 24.1 Å². The molecule has 3 nitrogen and oxygen atoms in total. The van der Waals surface area contributed by atoms with Crippen molar-refractivity contribution in [3.63, 3.8) is 0 Å². The van der Waals surface area contributed by atoms with Crippen molar-refractivity contribution in [1.29, 1.82) is 0 Å². The Labute approximate surface area is 101 Å². The van der Waals surface area contributed by atoms with Crippen molar-refractivity contribution < 1.29 is 0 Å². The summed E-state index contributed by atoms with van der Waals surface area (Å²) >= 11 is 0. The van der Waals surface area contributed by atoms with Gasteiger partial charge in [0, 0.05) is 30.1 Å². The second-order valence-corrected chi connectivity index (χ2v) is 4.46. The van der Waals surface area contributed by atoms with E-state index in [-0.39, 0.29) is 6.04 Å². The fraction of sp³-hybridized carbons (Fsp3) is 0.214.